The number of imide groups is 1. The van der Waals surface area contributed by atoms with E-state index in [0.717, 1.165) is 28.6 Å². The molecule has 1 spiro atoms. The van der Waals surface area contributed by atoms with Gasteiger partial charge in [0.2, 0.25) is 5.91 Å². The highest BCUT2D eigenvalue weighted by atomic mass is 79.9. The lowest BCUT2D eigenvalue weighted by Gasteiger charge is -2.30. The number of halogens is 1. The third kappa shape index (κ3) is 4.17. The third-order valence-corrected chi connectivity index (χ3v) is 5.24. The van der Waals surface area contributed by atoms with Crippen LogP contribution in [0.3, 0.4) is 0 Å². The van der Waals surface area contributed by atoms with Crippen molar-refractivity contribution < 1.29 is 19.1 Å². The average molecular weight is 424 g/mol. The van der Waals surface area contributed by atoms with E-state index in [-0.39, 0.29) is 18.4 Å². The SMILES string of the molecule is O=C(CN1C(=O)NC2(CCCCC2)C1=O)NCCOc1cccc(Br)c1. The first-order valence-corrected chi connectivity index (χ1v) is 9.59. The number of amides is 4. The van der Waals surface area contributed by atoms with Crippen molar-refractivity contribution in [3.05, 3.63) is 28.7 Å². The molecule has 2 aliphatic rings. The van der Waals surface area contributed by atoms with E-state index in [1.54, 1.807) is 0 Å². The van der Waals surface area contributed by atoms with E-state index in [1.807, 2.05) is 24.3 Å². The van der Waals surface area contributed by atoms with Crippen molar-refractivity contribution in [3.63, 3.8) is 0 Å². The van der Waals surface area contributed by atoms with Gasteiger partial charge in [-0.25, -0.2) is 4.79 Å². The average Bonchev–Trinajstić information content (AvgIpc) is 2.84. The summed E-state index contributed by atoms with van der Waals surface area (Å²) in [5, 5.41) is 5.47. The molecule has 3 rings (SSSR count). The minimum atomic E-state index is -0.792. The van der Waals surface area contributed by atoms with Gasteiger partial charge in [0.15, 0.2) is 0 Å². The van der Waals surface area contributed by atoms with E-state index in [4.69, 9.17) is 4.74 Å². The van der Waals surface area contributed by atoms with Gasteiger partial charge in [-0.1, -0.05) is 41.3 Å². The largest absolute Gasteiger partial charge is 0.492 e. The Bertz CT molecular complexity index is 703. The molecule has 7 nitrogen and oxygen atoms in total. The van der Waals surface area contributed by atoms with Gasteiger partial charge in [0.25, 0.3) is 5.91 Å². The second kappa shape index (κ2) is 8.07. The molecule has 1 saturated carbocycles. The zero-order valence-corrected chi connectivity index (χ0v) is 16.0. The molecule has 2 fully saturated rings. The summed E-state index contributed by atoms with van der Waals surface area (Å²) >= 11 is 3.36. The molecule has 0 radical (unpaired) electrons. The predicted octanol–water partition coefficient (Wildman–Crippen LogP) is 2.20. The topological polar surface area (TPSA) is 87.7 Å². The van der Waals surface area contributed by atoms with Crippen molar-refractivity contribution >= 4 is 33.8 Å². The third-order valence-electron chi connectivity index (χ3n) is 4.74. The number of carbonyl (C=O) groups is 3. The molecule has 0 bridgehead atoms. The van der Waals surface area contributed by atoms with E-state index in [2.05, 4.69) is 26.6 Å². The molecule has 26 heavy (non-hydrogen) atoms. The molecule has 1 aliphatic carbocycles. The highest BCUT2D eigenvalue weighted by molar-refractivity contribution is 9.10. The van der Waals surface area contributed by atoms with Gasteiger partial charge >= 0.3 is 6.03 Å². The minimum absolute atomic E-state index is 0.261. The van der Waals surface area contributed by atoms with Crippen LogP contribution >= 0.6 is 15.9 Å². The summed E-state index contributed by atoms with van der Waals surface area (Å²) in [6.45, 7) is 0.329. The molecule has 2 N–H and O–H groups in total. The molecule has 1 aliphatic heterocycles. The molecule has 1 aromatic carbocycles. The number of hydrogen-bond donors (Lipinski definition) is 2. The molecule has 8 heteroatoms. The molecule has 1 saturated heterocycles. The zero-order chi connectivity index (χ0) is 18.6. The second-order valence-electron chi connectivity index (χ2n) is 6.62. The van der Waals surface area contributed by atoms with E-state index >= 15 is 0 Å². The fraction of sp³-hybridized carbons (Fsp3) is 0.500. The normalized spacial score (nSPS) is 18.7. The smallest absolute Gasteiger partial charge is 0.325 e. The van der Waals surface area contributed by atoms with Crippen LogP contribution in [-0.4, -0.2) is 48.0 Å². The Morgan fingerprint density at radius 2 is 2.04 bits per heavy atom. The molecule has 1 heterocycles. The first-order chi connectivity index (χ1) is 12.5. The van der Waals surface area contributed by atoms with Crippen LogP contribution in [0.15, 0.2) is 28.7 Å². The molecule has 0 unspecified atom stereocenters. The summed E-state index contributed by atoms with van der Waals surface area (Å²) in [7, 11) is 0. The highest BCUT2D eigenvalue weighted by Gasteiger charge is 2.51. The highest BCUT2D eigenvalue weighted by Crippen LogP contribution is 2.33. The fourth-order valence-corrected chi connectivity index (χ4v) is 3.81. The van der Waals surface area contributed by atoms with Crippen molar-refractivity contribution in [2.24, 2.45) is 0 Å². The molecule has 4 amide bonds. The summed E-state index contributed by atoms with van der Waals surface area (Å²) in [5.74, 6) is 0.0453. The zero-order valence-electron chi connectivity index (χ0n) is 14.4. The van der Waals surface area contributed by atoms with Gasteiger partial charge in [-0.3, -0.25) is 14.5 Å². The van der Waals surface area contributed by atoms with Gasteiger partial charge in [0, 0.05) is 4.47 Å². The summed E-state index contributed by atoms with van der Waals surface area (Å²) in [6, 6.07) is 6.93. The van der Waals surface area contributed by atoms with Crippen molar-refractivity contribution in [1.82, 2.24) is 15.5 Å². The lowest BCUT2D eigenvalue weighted by atomic mass is 9.82. The maximum absolute atomic E-state index is 12.6. The first kappa shape index (κ1) is 18.7. The van der Waals surface area contributed by atoms with E-state index in [1.165, 1.54) is 0 Å². The Hall–Kier alpha value is -2.09. The molecule has 1 aromatic rings. The molecule has 0 aromatic heterocycles. The Kier molecular flexibility index (Phi) is 5.80. The lowest BCUT2D eigenvalue weighted by molar-refractivity contribution is -0.135. The predicted molar refractivity (Wildman–Crippen MR) is 98.7 cm³/mol. The fourth-order valence-electron chi connectivity index (χ4n) is 3.43. The van der Waals surface area contributed by atoms with Crippen LogP contribution in [0.2, 0.25) is 0 Å². The first-order valence-electron chi connectivity index (χ1n) is 8.79. The quantitative estimate of drug-likeness (QED) is 0.542. The maximum Gasteiger partial charge on any atom is 0.325 e. The Morgan fingerprint density at radius 3 is 2.77 bits per heavy atom. The van der Waals surface area contributed by atoms with Gasteiger partial charge in [0.05, 0.1) is 6.54 Å². The van der Waals surface area contributed by atoms with Crippen LogP contribution in [-0.2, 0) is 9.59 Å². The van der Waals surface area contributed by atoms with Crippen molar-refractivity contribution in [3.8, 4) is 5.75 Å². The molecular weight excluding hydrogens is 402 g/mol. The van der Waals surface area contributed by atoms with Crippen LogP contribution in [0.5, 0.6) is 5.75 Å². The number of carbonyl (C=O) groups excluding carboxylic acids is 3. The van der Waals surface area contributed by atoms with Crippen molar-refractivity contribution in [1.29, 1.82) is 0 Å². The van der Waals surface area contributed by atoms with E-state index in [9.17, 15) is 14.4 Å². The number of nitrogens with zero attached hydrogens (tertiary/aromatic N) is 1. The molecule has 0 atom stereocenters. The summed E-state index contributed by atoms with van der Waals surface area (Å²) in [6.07, 6.45) is 4.20. The lowest BCUT2D eigenvalue weighted by Crippen LogP contribution is -2.49. The molecule has 140 valence electrons. The van der Waals surface area contributed by atoms with Gasteiger partial charge in [0.1, 0.15) is 24.4 Å². The number of nitrogens with one attached hydrogen (secondary N) is 2. The molecular formula is C18H22BrN3O4. The van der Waals surface area contributed by atoms with Crippen LogP contribution in [0, 0.1) is 0 Å². The van der Waals surface area contributed by atoms with Gasteiger partial charge in [-0.05, 0) is 31.0 Å². The summed E-state index contributed by atoms with van der Waals surface area (Å²) in [4.78, 5) is 37.8. The Labute approximate surface area is 160 Å². The minimum Gasteiger partial charge on any atom is -0.492 e. The summed E-state index contributed by atoms with van der Waals surface area (Å²) < 4.78 is 6.45. The Morgan fingerprint density at radius 1 is 1.27 bits per heavy atom. The number of rotatable bonds is 6. The van der Waals surface area contributed by atoms with Gasteiger partial charge < -0.3 is 15.4 Å². The van der Waals surface area contributed by atoms with Crippen molar-refractivity contribution in [2.45, 2.75) is 37.6 Å². The monoisotopic (exact) mass is 423 g/mol. The number of hydrogen-bond acceptors (Lipinski definition) is 4. The van der Waals surface area contributed by atoms with E-state index < -0.39 is 11.6 Å². The number of urea groups is 1. The van der Waals surface area contributed by atoms with Crippen LogP contribution in [0.4, 0.5) is 4.79 Å². The number of benzene rings is 1. The van der Waals surface area contributed by atoms with Crippen LogP contribution < -0.4 is 15.4 Å². The standard InChI is InChI=1S/C18H22BrN3O4/c19-13-5-4-6-14(11-13)26-10-9-20-15(23)12-22-16(24)18(21-17(22)25)7-2-1-3-8-18/h4-6,11H,1-3,7-10,12H2,(H,20,23)(H,21,25). The van der Waals surface area contributed by atoms with Crippen LogP contribution in [0.1, 0.15) is 32.1 Å². The van der Waals surface area contributed by atoms with Gasteiger partial charge in [-0.2, -0.15) is 0 Å². The maximum atomic E-state index is 12.6. The van der Waals surface area contributed by atoms with Crippen LogP contribution in [0.25, 0.3) is 0 Å². The summed E-state index contributed by atoms with van der Waals surface area (Å²) in [5.41, 5.74) is -0.792. The van der Waals surface area contributed by atoms with E-state index in [0.29, 0.717) is 31.7 Å². The Balaban J connectivity index is 1.44. The number of ether oxygens (including phenoxy) is 1. The van der Waals surface area contributed by atoms with Crippen molar-refractivity contribution in [2.75, 3.05) is 19.7 Å². The second-order valence-corrected chi connectivity index (χ2v) is 7.54. The van der Waals surface area contributed by atoms with Gasteiger partial charge in [-0.15, -0.1) is 0 Å².